The molecule has 0 amide bonds. The molecule has 0 saturated carbocycles. The predicted molar refractivity (Wildman–Crippen MR) is 128 cm³/mol. The first kappa shape index (κ1) is 25.2. The number of rotatable bonds is 9. The summed E-state index contributed by atoms with van der Waals surface area (Å²) >= 11 is 5.40. The van der Waals surface area contributed by atoms with E-state index in [4.69, 9.17) is 21.7 Å². The van der Waals surface area contributed by atoms with Crippen LogP contribution < -0.4 is 4.74 Å². The van der Waals surface area contributed by atoms with E-state index in [1.54, 1.807) is 38.1 Å². The molecule has 0 aliphatic carbocycles. The Morgan fingerprint density at radius 3 is 2.03 bits per heavy atom. The van der Waals surface area contributed by atoms with Crippen molar-refractivity contribution < 1.29 is 28.2 Å². The molecule has 0 aliphatic heterocycles. The van der Waals surface area contributed by atoms with Crippen molar-refractivity contribution in [2.75, 3.05) is 7.11 Å². The summed E-state index contributed by atoms with van der Waals surface area (Å²) in [5.41, 5.74) is 1.63. The summed E-state index contributed by atoms with van der Waals surface area (Å²) in [6, 6.07) is 13.3. The van der Waals surface area contributed by atoms with Gasteiger partial charge in [-0.2, -0.15) is 0 Å². The molecule has 3 rings (SSSR count). The highest BCUT2D eigenvalue weighted by molar-refractivity contribution is 7.80. The van der Waals surface area contributed by atoms with Crippen LogP contribution in [0.1, 0.15) is 43.0 Å². The third-order valence-corrected chi connectivity index (χ3v) is 5.85. The highest BCUT2D eigenvalue weighted by Gasteiger charge is 2.28. The van der Waals surface area contributed by atoms with Crippen LogP contribution in [0, 0.1) is 17.6 Å². The Balaban J connectivity index is 1.76. The van der Waals surface area contributed by atoms with Gasteiger partial charge in [0.15, 0.2) is 11.5 Å². The van der Waals surface area contributed by atoms with Gasteiger partial charge >= 0.3 is 5.97 Å². The van der Waals surface area contributed by atoms with Crippen molar-refractivity contribution in [1.29, 1.82) is 0 Å². The van der Waals surface area contributed by atoms with Gasteiger partial charge in [-0.05, 0) is 48.7 Å². The fourth-order valence-corrected chi connectivity index (χ4v) is 4.10. The van der Waals surface area contributed by atoms with E-state index >= 15 is 0 Å². The monoisotopic (exact) mass is 485 g/mol. The number of hydrogen-bond donors (Lipinski definition) is 1. The van der Waals surface area contributed by atoms with Crippen LogP contribution in [0.5, 0.6) is 11.5 Å². The maximum absolute atomic E-state index is 13.5. The third-order valence-electron chi connectivity index (χ3n) is 5.49. The zero-order valence-corrected chi connectivity index (χ0v) is 19.8. The fourth-order valence-electron chi connectivity index (χ4n) is 3.71. The second-order valence-corrected chi connectivity index (χ2v) is 8.45. The number of carbonyl (C=O) groups is 1. The molecule has 0 radical (unpaired) electrons. The lowest BCUT2D eigenvalue weighted by Crippen LogP contribution is -2.27. The van der Waals surface area contributed by atoms with Gasteiger partial charge in [-0.25, -0.2) is 8.78 Å². The normalized spacial score (nSPS) is 12.8. The predicted octanol–water partition coefficient (Wildman–Crippen LogP) is 5.58. The molecule has 1 N–H and O–H groups in total. The summed E-state index contributed by atoms with van der Waals surface area (Å²) in [7, 11) is 1.42. The molecule has 8 heteroatoms. The number of aromatic hydroxyl groups is 1. The van der Waals surface area contributed by atoms with Crippen molar-refractivity contribution >= 4 is 23.1 Å². The molecule has 34 heavy (non-hydrogen) atoms. The Labute approximate surface area is 202 Å². The van der Waals surface area contributed by atoms with E-state index in [9.17, 15) is 18.7 Å². The van der Waals surface area contributed by atoms with Crippen LogP contribution in [0.2, 0.25) is 0 Å². The standard InChI is InChI=1S/C26H25F2NO4S/c1-15(14-22(34)24-25(30)21(32-3)12-13-29-24)26(31)33-16(2)23(17-4-8-19(27)9-5-17)18-6-10-20(28)11-7-18/h4-13,15-16,23,30H,14H2,1-3H3/t15-,16-/m0/s1. The Morgan fingerprint density at radius 2 is 1.53 bits per heavy atom. The lowest BCUT2D eigenvalue weighted by Gasteiger charge is -2.26. The molecule has 1 heterocycles. The van der Waals surface area contributed by atoms with Crippen molar-refractivity contribution in [2.45, 2.75) is 32.3 Å². The van der Waals surface area contributed by atoms with Crippen LogP contribution in [0.25, 0.3) is 0 Å². The van der Waals surface area contributed by atoms with E-state index in [2.05, 4.69) is 4.98 Å². The van der Waals surface area contributed by atoms with Crippen molar-refractivity contribution in [3.05, 3.63) is 89.2 Å². The summed E-state index contributed by atoms with van der Waals surface area (Å²) in [5.74, 6) is -2.27. The molecular weight excluding hydrogens is 460 g/mol. The highest BCUT2D eigenvalue weighted by Crippen LogP contribution is 2.32. The van der Waals surface area contributed by atoms with Gasteiger partial charge in [0.05, 0.1) is 13.0 Å². The number of pyridine rings is 1. The van der Waals surface area contributed by atoms with Gasteiger partial charge in [-0.15, -0.1) is 0 Å². The van der Waals surface area contributed by atoms with Gasteiger partial charge in [0, 0.05) is 23.0 Å². The number of ether oxygens (including phenoxy) is 2. The molecule has 1 aromatic heterocycles. The summed E-state index contributed by atoms with van der Waals surface area (Å²) in [5, 5.41) is 10.3. The van der Waals surface area contributed by atoms with Gasteiger partial charge in [0.25, 0.3) is 0 Å². The molecule has 0 saturated heterocycles. The summed E-state index contributed by atoms with van der Waals surface area (Å²) < 4.78 is 37.8. The molecule has 0 aliphatic rings. The third kappa shape index (κ3) is 5.94. The van der Waals surface area contributed by atoms with Gasteiger partial charge in [-0.1, -0.05) is 43.4 Å². The number of aromatic nitrogens is 1. The minimum absolute atomic E-state index is 0.131. The molecule has 3 aromatic rings. The van der Waals surface area contributed by atoms with Crippen molar-refractivity contribution in [3.63, 3.8) is 0 Å². The van der Waals surface area contributed by atoms with Crippen molar-refractivity contribution in [2.24, 2.45) is 5.92 Å². The molecule has 5 nitrogen and oxygen atoms in total. The number of benzene rings is 2. The minimum Gasteiger partial charge on any atom is -0.503 e. The van der Waals surface area contributed by atoms with Crippen LogP contribution in [-0.4, -0.2) is 34.1 Å². The van der Waals surface area contributed by atoms with E-state index in [1.165, 1.54) is 43.6 Å². The average Bonchev–Trinajstić information content (AvgIpc) is 2.81. The second-order valence-electron chi connectivity index (χ2n) is 7.96. The maximum Gasteiger partial charge on any atom is 0.309 e. The van der Waals surface area contributed by atoms with Gasteiger partial charge in [0.2, 0.25) is 0 Å². The first-order valence-electron chi connectivity index (χ1n) is 10.7. The van der Waals surface area contributed by atoms with E-state index < -0.39 is 23.9 Å². The molecule has 0 unspecified atom stereocenters. The largest absolute Gasteiger partial charge is 0.503 e. The molecular formula is C26H25F2NO4S. The van der Waals surface area contributed by atoms with Crippen LogP contribution in [0.15, 0.2) is 60.8 Å². The number of methoxy groups -OCH3 is 1. The quantitative estimate of drug-likeness (QED) is 0.242. The molecule has 2 atom stereocenters. The van der Waals surface area contributed by atoms with Crippen molar-refractivity contribution in [3.8, 4) is 11.5 Å². The van der Waals surface area contributed by atoms with E-state index in [0.717, 1.165) is 11.1 Å². The van der Waals surface area contributed by atoms with E-state index in [-0.39, 0.29) is 35.2 Å². The first-order chi connectivity index (χ1) is 16.2. The molecule has 0 fully saturated rings. The van der Waals surface area contributed by atoms with Crippen LogP contribution in [-0.2, 0) is 9.53 Å². The number of esters is 1. The Hall–Kier alpha value is -3.39. The summed E-state index contributed by atoms with van der Waals surface area (Å²) in [6.45, 7) is 3.40. The zero-order valence-electron chi connectivity index (χ0n) is 19.0. The smallest absolute Gasteiger partial charge is 0.309 e. The summed E-state index contributed by atoms with van der Waals surface area (Å²) in [4.78, 5) is 17.3. The van der Waals surface area contributed by atoms with Gasteiger partial charge in [0.1, 0.15) is 23.4 Å². The maximum atomic E-state index is 13.5. The number of thiocarbonyl (C=S) groups is 1. The SMILES string of the molecule is COc1ccnc(C(=S)C[C@H](C)C(=O)O[C@@H](C)C(c2ccc(F)cc2)c2ccc(F)cc2)c1O. The van der Waals surface area contributed by atoms with E-state index in [1.807, 2.05) is 0 Å². The number of carbonyl (C=O) groups excluding carboxylic acids is 1. The number of halogens is 2. The number of nitrogens with zero attached hydrogens (tertiary/aromatic N) is 1. The Bertz CT molecular complexity index is 1110. The first-order valence-corrected chi connectivity index (χ1v) is 11.1. The molecule has 2 aromatic carbocycles. The topological polar surface area (TPSA) is 68.7 Å². The van der Waals surface area contributed by atoms with Crippen LogP contribution in [0.4, 0.5) is 8.78 Å². The lowest BCUT2D eigenvalue weighted by molar-refractivity contribution is -0.153. The van der Waals surface area contributed by atoms with Crippen molar-refractivity contribution in [1.82, 2.24) is 4.98 Å². The average molecular weight is 486 g/mol. The number of hydrogen-bond acceptors (Lipinski definition) is 6. The van der Waals surface area contributed by atoms with Gasteiger partial charge < -0.3 is 14.6 Å². The zero-order chi connectivity index (χ0) is 24.8. The molecule has 0 spiro atoms. The highest BCUT2D eigenvalue weighted by atomic mass is 32.1. The molecule has 0 bridgehead atoms. The van der Waals surface area contributed by atoms with Crippen LogP contribution >= 0.6 is 12.2 Å². The second kappa shape index (κ2) is 11.2. The molecule has 178 valence electrons. The van der Waals surface area contributed by atoms with Crippen LogP contribution in [0.3, 0.4) is 0 Å². The minimum atomic E-state index is -0.636. The summed E-state index contributed by atoms with van der Waals surface area (Å²) in [6.07, 6.45) is 0.955. The Morgan fingerprint density at radius 1 is 1.00 bits per heavy atom. The van der Waals surface area contributed by atoms with E-state index in [0.29, 0.717) is 4.86 Å². The lowest BCUT2D eigenvalue weighted by atomic mass is 9.87. The fraction of sp³-hybridized carbons (Fsp3) is 0.269. The van der Waals surface area contributed by atoms with Gasteiger partial charge in [-0.3, -0.25) is 9.78 Å². The Kier molecular flexibility index (Phi) is 8.28.